The van der Waals surface area contributed by atoms with Crippen molar-refractivity contribution >= 4 is 6.09 Å². The Balaban J connectivity index is 1.77. The van der Waals surface area contributed by atoms with E-state index in [0.29, 0.717) is 6.42 Å². The van der Waals surface area contributed by atoms with Crippen LogP contribution in [0.1, 0.15) is 43.6 Å². The van der Waals surface area contributed by atoms with E-state index in [1.54, 1.807) is 13.8 Å². The standard InChI is InChI=1S/C18H18F3N3O4/c1-9(2)28-17(27)22-8-12-7-13(22)14-15(25)24(16(26)23(12)14)11-5-3-4-10(6-11)18(19,20)21/h3-6,9,12-13,25H,7-8H2,1-2H3. The first-order valence-corrected chi connectivity index (χ1v) is 8.80. The zero-order valence-electron chi connectivity index (χ0n) is 15.1. The second kappa shape index (κ2) is 6.05. The molecule has 1 saturated heterocycles. The van der Waals surface area contributed by atoms with E-state index in [4.69, 9.17) is 4.74 Å². The molecule has 2 atom stereocenters. The van der Waals surface area contributed by atoms with Crippen LogP contribution in [-0.2, 0) is 10.9 Å². The van der Waals surface area contributed by atoms with Crippen molar-refractivity contribution in [1.29, 1.82) is 0 Å². The van der Waals surface area contributed by atoms with Crippen LogP contribution < -0.4 is 5.69 Å². The van der Waals surface area contributed by atoms with Crippen LogP contribution in [0.15, 0.2) is 29.1 Å². The van der Waals surface area contributed by atoms with E-state index < -0.39 is 35.4 Å². The van der Waals surface area contributed by atoms with Gasteiger partial charge in [0, 0.05) is 6.54 Å². The number of imidazole rings is 1. The number of halogens is 3. The number of benzene rings is 1. The Morgan fingerprint density at radius 3 is 2.68 bits per heavy atom. The van der Waals surface area contributed by atoms with Gasteiger partial charge in [-0.3, -0.25) is 9.47 Å². The summed E-state index contributed by atoms with van der Waals surface area (Å²) in [6.07, 6.45) is -4.99. The lowest BCUT2D eigenvalue weighted by Gasteiger charge is -2.27. The highest BCUT2D eigenvalue weighted by Gasteiger charge is 2.50. The molecule has 4 rings (SSSR count). The summed E-state index contributed by atoms with van der Waals surface area (Å²) in [4.78, 5) is 26.6. The van der Waals surface area contributed by atoms with Crippen LogP contribution in [-0.4, -0.2) is 37.9 Å². The number of aromatic nitrogens is 2. The van der Waals surface area contributed by atoms with Gasteiger partial charge >= 0.3 is 18.0 Å². The highest BCUT2D eigenvalue weighted by Crippen LogP contribution is 2.48. The zero-order chi connectivity index (χ0) is 20.4. The average Bonchev–Trinajstić information content (AvgIpc) is 3.25. The van der Waals surface area contributed by atoms with Crippen molar-refractivity contribution in [1.82, 2.24) is 14.0 Å². The summed E-state index contributed by atoms with van der Waals surface area (Å²) in [6, 6.07) is 3.28. The van der Waals surface area contributed by atoms with Crippen molar-refractivity contribution in [2.24, 2.45) is 0 Å². The SMILES string of the molecule is CC(C)OC(=O)N1CC2CC1c1c(O)n(-c3cccc(C(F)(F)F)c3)c(=O)n12. The van der Waals surface area contributed by atoms with Gasteiger partial charge in [-0.15, -0.1) is 0 Å². The number of hydrogen-bond acceptors (Lipinski definition) is 4. The van der Waals surface area contributed by atoms with Gasteiger partial charge in [0.25, 0.3) is 0 Å². The molecule has 28 heavy (non-hydrogen) atoms. The van der Waals surface area contributed by atoms with Gasteiger partial charge in [-0.25, -0.2) is 14.2 Å². The van der Waals surface area contributed by atoms with Crippen LogP contribution in [0.4, 0.5) is 18.0 Å². The molecule has 2 aliphatic heterocycles. The normalized spacial score (nSPS) is 20.7. The Morgan fingerprint density at radius 1 is 1.32 bits per heavy atom. The summed E-state index contributed by atoms with van der Waals surface area (Å²) in [5, 5.41) is 10.7. The van der Waals surface area contributed by atoms with Crippen molar-refractivity contribution < 1.29 is 27.8 Å². The molecule has 0 radical (unpaired) electrons. The molecule has 0 saturated carbocycles. The van der Waals surface area contributed by atoms with E-state index in [1.807, 2.05) is 0 Å². The van der Waals surface area contributed by atoms with Crippen LogP contribution in [0, 0.1) is 0 Å². The maximum absolute atomic E-state index is 13.0. The van der Waals surface area contributed by atoms with Crippen molar-refractivity contribution in [3.8, 4) is 11.6 Å². The molecular formula is C18H18F3N3O4. The lowest BCUT2D eigenvalue weighted by Crippen LogP contribution is -2.38. The number of nitrogens with zero attached hydrogens (tertiary/aromatic N) is 3. The number of ether oxygens (including phenoxy) is 1. The molecule has 1 fully saturated rings. The van der Waals surface area contributed by atoms with Gasteiger partial charge < -0.3 is 9.84 Å². The maximum Gasteiger partial charge on any atom is 0.416 e. The number of aromatic hydroxyl groups is 1. The maximum atomic E-state index is 13.0. The van der Waals surface area contributed by atoms with Gasteiger partial charge in [-0.2, -0.15) is 13.2 Å². The molecule has 1 amide bonds. The number of carbonyl (C=O) groups excluding carboxylic acids is 1. The Morgan fingerprint density at radius 2 is 2.04 bits per heavy atom. The van der Waals surface area contributed by atoms with Crippen molar-refractivity contribution in [3.63, 3.8) is 0 Å². The van der Waals surface area contributed by atoms with E-state index in [2.05, 4.69) is 0 Å². The van der Waals surface area contributed by atoms with Gasteiger partial charge in [-0.1, -0.05) is 6.07 Å². The number of fused-ring (bicyclic) bond motifs is 5. The Bertz CT molecular complexity index is 1010. The number of likely N-dealkylation sites (tertiary alicyclic amines) is 1. The van der Waals surface area contributed by atoms with E-state index >= 15 is 0 Å². The van der Waals surface area contributed by atoms with Gasteiger partial charge in [0.15, 0.2) is 0 Å². The molecule has 2 unspecified atom stereocenters. The van der Waals surface area contributed by atoms with Gasteiger partial charge in [0.1, 0.15) is 5.69 Å². The molecule has 2 bridgehead atoms. The zero-order valence-corrected chi connectivity index (χ0v) is 15.1. The quantitative estimate of drug-likeness (QED) is 0.844. The summed E-state index contributed by atoms with van der Waals surface area (Å²) < 4.78 is 46.4. The van der Waals surface area contributed by atoms with Crippen molar-refractivity contribution in [2.45, 2.75) is 44.6 Å². The topological polar surface area (TPSA) is 76.7 Å². The van der Waals surface area contributed by atoms with E-state index in [9.17, 15) is 27.9 Å². The van der Waals surface area contributed by atoms with Crippen LogP contribution >= 0.6 is 0 Å². The summed E-state index contributed by atoms with van der Waals surface area (Å²) in [6.45, 7) is 3.67. The first-order valence-electron chi connectivity index (χ1n) is 8.80. The third-order valence-electron chi connectivity index (χ3n) is 5.06. The molecule has 1 aromatic carbocycles. The molecular weight excluding hydrogens is 379 g/mol. The fraction of sp³-hybridized carbons (Fsp3) is 0.444. The van der Waals surface area contributed by atoms with Crippen LogP contribution in [0.5, 0.6) is 5.88 Å². The third kappa shape index (κ3) is 2.66. The minimum absolute atomic E-state index is 0.0880. The Hall–Kier alpha value is -2.91. The molecule has 0 spiro atoms. The third-order valence-corrected chi connectivity index (χ3v) is 5.06. The van der Waals surface area contributed by atoms with Crippen molar-refractivity contribution in [3.05, 3.63) is 46.0 Å². The molecule has 10 heteroatoms. The van der Waals surface area contributed by atoms with Gasteiger partial charge in [0.05, 0.1) is 29.4 Å². The largest absolute Gasteiger partial charge is 0.493 e. The minimum atomic E-state index is -4.58. The Labute approximate surface area is 157 Å². The summed E-state index contributed by atoms with van der Waals surface area (Å²) in [7, 11) is 0. The lowest BCUT2D eigenvalue weighted by atomic mass is 10.2. The summed E-state index contributed by atoms with van der Waals surface area (Å²) >= 11 is 0. The van der Waals surface area contributed by atoms with E-state index in [-0.39, 0.29) is 30.1 Å². The van der Waals surface area contributed by atoms with E-state index in [1.165, 1.54) is 21.6 Å². The summed E-state index contributed by atoms with van der Waals surface area (Å²) in [5.74, 6) is -0.459. The molecule has 150 valence electrons. The van der Waals surface area contributed by atoms with Crippen LogP contribution in [0.25, 0.3) is 5.69 Å². The number of rotatable bonds is 2. The second-order valence-electron chi connectivity index (χ2n) is 7.24. The molecule has 3 heterocycles. The smallest absolute Gasteiger partial charge is 0.416 e. The fourth-order valence-electron chi connectivity index (χ4n) is 3.97. The monoisotopic (exact) mass is 397 g/mol. The van der Waals surface area contributed by atoms with Crippen LogP contribution in [0.2, 0.25) is 0 Å². The molecule has 7 nitrogen and oxygen atoms in total. The molecule has 0 aliphatic carbocycles. The number of amides is 1. The van der Waals surface area contributed by atoms with E-state index in [0.717, 1.165) is 16.7 Å². The predicted molar refractivity (Wildman–Crippen MR) is 91.4 cm³/mol. The lowest BCUT2D eigenvalue weighted by molar-refractivity contribution is -0.137. The fourth-order valence-corrected chi connectivity index (χ4v) is 3.97. The van der Waals surface area contributed by atoms with Gasteiger partial charge in [-0.05, 0) is 38.5 Å². The summed E-state index contributed by atoms with van der Waals surface area (Å²) in [5.41, 5.74) is -1.42. The first kappa shape index (κ1) is 18.5. The Kier molecular flexibility index (Phi) is 3.98. The molecule has 1 N–H and O–H groups in total. The van der Waals surface area contributed by atoms with Crippen LogP contribution in [0.3, 0.4) is 0 Å². The molecule has 2 aliphatic rings. The predicted octanol–water partition coefficient (Wildman–Crippen LogP) is 3.21. The highest BCUT2D eigenvalue weighted by atomic mass is 19.4. The first-order chi connectivity index (χ1) is 13.1. The molecule has 1 aromatic heterocycles. The second-order valence-corrected chi connectivity index (χ2v) is 7.24. The molecule has 2 aromatic rings. The highest BCUT2D eigenvalue weighted by molar-refractivity contribution is 5.69. The minimum Gasteiger partial charge on any atom is -0.493 e. The number of carbonyl (C=O) groups is 1. The number of hydrogen-bond donors (Lipinski definition) is 1. The average molecular weight is 397 g/mol. The van der Waals surface area contributed by atoms with Crippen molar-refractivity contribution in [2.75, 3.05) is 6.54 Å². The number of alkyl halides is 3. The van der Waals surface area contributed by atoms with Gasteiger partial charge in [0.2, 0.25) is 5.88 Å².